The zero-order valence-corrected chi connectivity index (χ0v) is 11.2. The smallest absolute Gasteiger partial charge is 0.165 e. The van der Waals surface area contributed by atoms with Gasteiger partial charge in [-0.25, -0.2) is 18.1 Å². The van der Waals surface area contributed by atoms with Gasteiger partial charge in [0.1, 0.15) is 11.6 Å². The maximum Gasteiger partial charge on any atom is 0.165 e. The molecule has 5 nitrogen and oxygen atoms in total. The van der Waals surface area contributed by atoms with E-state index in [0.29, 0.717) is 5.82 Å². The molecule has 1 aromatic heterocycles. The molecule has 0 amide bonds. The van der Waals surface area contributed by atoms with Gasteiger partial charge in [-0.1, -0.05) is 13.8 Å². The van der Waals surface area contributed by atoms with Crippen molar-refractivity contribution in [2.45, 2.75) is 45.4 Å². The van der Waals surface area contributed by atoms with Crippen LogP contribution in [0, 0.1) is 0 Å². The highest BCUT2D eigenvalue weighted by molar-refractivity contribution is 7.89. The SMILES string of the molecule is CC(C)c1nc(CS(C)(=O)=O)nn1C(C)C. The molecule has 6 heteroatoms. The van der Waals surface area contributed by atoms with Crippen molar-refractivity contribution in [2.24, 2.45) is 0 Å². The van der Waals surface area contributed by atoms with Gasteiger partial charge < -0.3 is 0 Å². The normalized spacial score (nSPS) is 12.7. The molecule has 1 aromatic rings. The van der Waals surface area contributed by atoms with Gasteiger partial charge in [0.05, 0.1) is 0 Å². The van der Waals surface area contributed by atoms with Crippen molar-refractivity contribution in [3.8, 4) is 0 Å². The third kappa shape index (κ3) is 3.30. The van der Waals surface area contributed by atoms with Crippen molar-refractivity contribution in [3.05, 3.63) is 11.6 Å². The molecule has 0 fully saturated rings. The van der Waals surface area contributed by atoms with Crippen LogP contribution < -0.4 is 0 Å². The van der Waals surface area contributed by atoms with E-state index in [2.05, 4.69) is 10.1 Å². The molecule has 1 rings (SSSR count). The second-order valence-corrected chi connectivity index (χ2v) is 6.79. The van der Waals surface area contributed by atoms with Crippen molar-refractivity contribution in [3.63, 3.8) is 0 Å². The second-order valence-electron chi connectivity index (χ2n) is 4.65. The number of hydrogen-bond acceptors (Lipinski definition) is 4. The van der Waals surface area contributed by atoms with Crippen LogP contribution in [0.1, 0.15) is 51.3 Å². The van der Waals surface area contributed by atoms with E-state index in [1.54, 1.807) is 4.68 Å². The van der Waals surface area contributed by atoms with Gasteiger partial charge in [0.15, 0.2) is 15.7 Å². The van der Waals surface area contributed by atoms with Crippen LogP contribution in [-0.2, 0) is 15.6 Å². The molecule has 0 spiro atoms. The zero-order chi connectivity index (χ0) is 12.5. The van der Waals surface area contributed by atoms with Gasteiger partial charge in [-0.3, -0.25) is 0 Å². The Morgan fingerprint density at radius 3 is 2.12 bits per heavy atom. The number of rotatable bonds is 4. The summed E-state index contributed by atoms with van der Waals surface area (Å²) in [6.45, 7) is 8.05. The number of aromatic nitrogens is 3. The van der Waals surface area contributed by atoms with Gasteiger partial charge in [0, 0.05) is 18.2 Å². The largest absolute Gasteiger partial charge is 0.247 e. The molecule has 0 radical (unpaired) electrons. The fraction of sp³-hybridized carbons (Fsp3) is 0.800. The average molecular weight is 245 g/mol. The minimum Gasteiger partial charge on any atom is -0.247 e. The summed E-state index contributed by atoms with van der Waals surface area (Å²) in [6, 6.07) is 0.193. The molecular weight excluding hydrogens is 226 g/mol. The Balaban J connectivity index is 3.12. The predicted molar refractivity (Wildman–Crippen MR) is 63.0 cm³/mol. The third-order valence-corrected chi connectivity index (χ3v) is 2.88. The topological polar surface area (TPSA) is 64.8 Å². The summed E-state index contributed by atoms with van der Waals surface area (Å²) < 4.78 is 24.1. The first kappa shape index (κ1) is 13.2. The first-order chi connectivity index (χ1) is 7.20. The van der Waals surface area contributed by atoms with Gasteiger partial charge >= 0.3 is 0 Å². The van der Waals surface area contributed by atoms with Crippen LogP contribution in [0.25, 0.3) is 0 Å². The van der Waals surface area contributed by atoms with Gasteiger partial charge in [-0.15, -0.1) is 0 Å². The summed E-state index contributed by atoms with van der Waals surface area (Å²) in [4.78, 5) is 4.29. The van der Waals surface area contributed by atoms with Gasteiger partial charge in [-0.2, -0.15) is 5.10 Å². The van der Waals surface area contributed by atoms with Crippen molar-refractivity contribution >= 4 is 9.84 Å². The summed E-state index contributed by atoms with van der Waals surface area (Å²) in [5.74, 6) is 1.38. The molecule has 0 N–H and O–H groups in total. The first-order valence-electron chi connectivity index (χ1n) is 5.33. The molecule has 16 heavy (non-hydrogen) atoms. The number of nitrogens with zero attached hydrogens (tertiary/aromatic N) is 3. The van der Waals surface area contributed by atoms with Crippen LogP contribution in [0.15, 0.2) is 0 Å². The number of sulfone groups is 1. The Labute approximate surface area is 96.8 Å². The minimum atomic E-state index is -3.07. The lowest BCUT2D eigenvalue weighted by molar-refractivity contribution is 0.490. The van der Waals surface area contributed by atoms with Gasteiger partial charge in [0.25, 0.3) is 0 Å². The molecule has 92 valence electrons. The highest BCUT2D eigenvalue weighted by atomic mass is 32.2. The molecular formula is C10H19N3O2S. The van der Waals surface area contributed by atoms with Crippen molar-refractivity contribution in [1.29, 1.82) is 0 Å². The van der Waals surface area contributed by atoms with Crippen LogP contribution in [0.4, 0.5) is 0 Å². The monoisotopic (exact) mass is 245 g/mol. The maximum atomic E-state index is 11.2. The average Bonchev–Trinajstić information content (AvgIpc) is 2.44. The van der Waals surface area contributed by atoms with E-state index in [1.807, 2.05) is 27.7 Å². The maximum absolute atomic E-state index is 11.2. The van der Waals surface area contributed by atoms with Crippen LogP contribution in [0.2, 0.25) is 0 Å². The van der Waals surface area contributed by atoms with E-state index >= 15 is 0 Å². The summed E-state index contributed by atoms with van der Waals surface area (Å²) in [6.07, 6.45) is 1.19. The molecule has 0 atom stereocenters. The Kier molecular flexibility index (Phi) is 3.72. The zero-order valence-electron chi connectivity index (χ0n) is 10.4. The van der Waals surface area contributed by atoms with E-state index in [1.165, 1.54) is 6.26 Å². The minimum absolute atomic E-state index is 0.0908. The third-order valence-electron chi connectivity index (χ3n) is 2.10. The van der Waals surface area contributed by atoms with Crippen LogP contribution in [0.3, 0.4) is 0 Å². The van der Waals surface area contributed by atoms with Crippen LogP contribution in [-0.4, -0.2) is 29.4 Å². The Morgan fingerprint density at radius 2 is 1.81 bits per heavy atom. The van der Waals surface area contributed by atoms with E-state index in [9.17, 15) is 8.42 Å². The molecule has 0 aliphatic heterocycles. The Morgan fingerprint density at radius 1 is 1.25 bits per heavy atom. The van der Waals surface area contributed by atoms with Crippen molar-refractivity contribution in [1.82, 2.24) is 14.8 Å². The lowest BCUT2D eigenvalue weighted by atomic mass is 10.2. The van der Waals surface area contributed by atoms with E-state index in [-0.39, 0.29) is 17.7 Å². The van der Waals surface area contributed by atoms with Crippen LogP contribution >= 0.6 is 0 Å². The Bertz CT molecular complexity index is 435. The molecule has 0 saturated carbocycles. The van der Waals surface area contributed by atoms with Gasteiger partial charge in [0.2, 0.25) is 0 Å². The quantitative estimate of drug-likeness (QED) is 0.807. The summed E-state index contributed by atoms with van der Waals surface area (Å²) in [5.41, 5.74) is 0. The fourth-order valence-electron chi connectivity index (χ4n) is 1.45. The molecule has 0 aromatic carbocycles. The summed E-state index contributed by atoms with van der Waals surface area (Å²) >= 11 is 0. The summed E-state index contributed by atoms with van der Waals surface area (Å²) in [7, 11) is -3.07. The molecule has 0 saturated heterocycles. The predicted octanol–water partition coefficient (Wildman–Crippen LogP) is 1.53. The second kappa shape index (κ2) is 4.53. The van der Waals surface area contributed by atoms with Crippen LogP contribution in [0.5, 0.6) is 0 Å². The van der Waals surface area contributed by atoms with E-state index in [0.717, 1.165) is 5.82 Å². The first-order valence-corrected chi connectivity index (χ1v) is 7.40. The lowest BCUT2D eigenvalue weighted by Crippen LogP contribution is -2.09. The molecule has 0 aliphatic rings. The van der Waals surface area contributed by atoms with Gasteiger partial charge in [-0.05, 0) is 13.8 Å². The molecule has 0 unspecified atom stereocenters. The highest BCUT2D eigenvalue weighted by Gasteiger charge is 2.17. The molecule has 0 aliphatic carbocycles. The Hall–Kier alpha value is -0.910. The standard InChI is InChI=1S/C10H19N3O2S/c1-7(2)10-11-9(6-16(5,14)15)12-13(10)8(3)4/h7-8H,6H2,1-5H3. The number of hydrogen-bond donors (Lipinski definition) is 0. The van der Waals surface area contributed by atoms with E-state index < -0.39 is 9.84 Å². The fourth-order valence-corrected chi connectivity index (χ4v) is 2.04. The summed E-state index contributed by atoms with van der Waals surface area (Å²) in [5, 5.41) is 4.24. The van der Waals surface area contributed by atoms with Crippen molar-refractivity contribution in [2.75, 3.05) is 6.26 Å². The van der Waals surface area contributed by atoms with Crippen molar-refractivity contribution < 1.29 is 8.42 Å². The molecule has 0 bridgehead atoms. The molecule has 1 heterocycles. The van der Waals surface area contributed by atoms with E-state index in [4.69, 9.17) is 0 Å². The highest BCUT2D eigenvalue weighted by Crippen LogP contribution is 2.17. The lowest BCUT2D eigenvalue weighted by Gasteiger charge is -2.10.